The molecule has 1 aliphatic heterocycles. The fourth-order valence-electron chi connectivity index (χ4n) is 3.49. The number of nitrogens with zero attached hydrogens (tertiary/aromatic N) is 1. The second-order valence-corrected chi connectivity index (χ2v) is 6.20. The summed E-state index contributed by atoms with van der Waals surface area (Å²) >= 11 is 0. The molecule has 128 valence electrons. The van der Waals surface area contributed by atoms with Crippen molar-refractivity contribution in [1.82, 2.24) is 4.90 Å². The number of phenolic OH excluding ortho intramolecular Hbond substituents is 1. The van der Waals surface area contributed by atoms with E-state index in [-0.39, 0.29) is 43.4 Å². The lowest BCUT2D eigenvalue weighted by molar-refractivity contribution is -0.186. The van der Waals surface area contributed by atoms with Gasteiger partial charge in [0.1, 0.15) is 11.5 Å². The summed E-state index contributed by atoms with van der Waals surface area (Å²) in [4.78, 5) is 24.1. The van der Waals surface area contributed by atoms with Gasteiger partial charge in [0.25, 0.3) is 0 Å². The average molecular weight is 339 g/mol. The molecule has 24 heavy (non-hydrogen) atoms. The van der Waals surface area contributed by atoms with Gasteiger partial charge in [-0.2, -0.15) is 13.2 Å². The van der Waals surface area contributed by atoms with Crippen LogP contribution in [0.15, 0.2) is 35.9 Å². The smallest absolute Gasteiger partial charge is 0.471 e. The molecule has 1 saturated heterocycles. The van der Waals surface area contributed by atoms with Crippen molar-refractivity contribution in [1.29, 1.82) is 0 Å². The number of likely N-dealkylation sites (tertiary alicyclic amines) is 1. The monoisotopic (exact) mass is 339 g/mol. The molecule has 0 saturated carbocycles. The third-order valence-corrected chi connectivity index (χ3v) is 4.58. The van der Waals surface area contributed by atoms with E-state index >= 15 is 0 Å². The zero-order valence-corrected chi connectivity index (χ0v) is 12.7. The molecular formula is C17H16F3NO3. The number of allylic oxidation sites excluding steroid dienone is 1. The van der Waals surface area contributed by atoms with Crippen molar-refractivity contribution in [2.75, 3.05) is 13.1 Å². The number of phenols is 1. The minimum atomic E-state index is -4.93. The minimum absolute atomic E-state index is 0.0329. The summed E-state index contributed by atoms with van der Waals surface area (Å²) in [5.41, 5.74) is 1.63. The first-order valence-corrected chi connectivity index (χ1v) is 7.62. The van der Waals surface area contributed by atoms with Crippen LogP contribution in [0.25, 0.3) is 0 Å². The molecule has 7 heteroatoms. The SMILES string of the molecule is O=C1CC=C2C(C1)CN(C(=O)C(F)(F)F)CC2c1ccc(O)cc1. The second kappa shape index (κ2) is 5.96. The first-order valence-electron chi connectivity index (χ1n) is 7.62. The number of benzene rings is 1. The highest BCUT2D eigenvalue weighted by molar-refractivity contribution is 5.84. The van der Waals surface area contributed by atoms with E-state index < -0.39 is 18.0 Å². The molecule has 0 bridgehead atoms. The van der Waals surface area contributed by atoms with Crippen molar-refractivity contribution in [3.63, 3.8) is 0 Å². The molecule has 4 nitrogen and oxygen atoms in total. The lowest BCUT2D eigenvalue weighted by Gasteiger charge is -2.41. The van der Waals surface area contributed by atoms with Crippen LogP contribution in [-0.2, 0) is 9.59 Å². The van der Waals surface area contributed by atoms with Crippen LogP contribution < -0.4 is 0 Å². The second-order valence-electron chi connectivity index (χ2n) is 6.20. The van der Waals surface area contributed by atoms with Crippen molar-refractivity contribution < 1.29 is 27.9 Å². The van der Waals surface area contributed by atoms with E-state index in [1.54, 1.807) is 18.2 Å². The first-order chi connectivity index (χ1) is 11.3. The summed E-state index contributed by atoms with van der Waals surface area (Å²) in [6.07, 6.45) is -2.72. The summed E-state index contributed by atoms with van der Waals surface area (Å²) in [6, 6.07) is 6.19. The van der Waals surface area contributed by atoms with E-state index in [1.807, 2.05) is 0 Å². The van der Waals surface area contributed by atoms with Gasteiger partial charge in [-0.05, 0) is 17.7 Å². The number of carbonyl (C=O) groups is 2. The molecule has 0 aromatic heterocycles. The minimum Gasteiger partial charge on any atom is -0.508 e. The standard InChI is InChI=1S/C17H16F3NO3/c18-17(19,20)16(24)21-8-11-7-13(23)5-6-14(11)15(9-21)10-1-3-12(22)4-2-10/h1-4,6,11,15,22H,5,7-9H2. The van der Waals surface area contributed by atoms with Crippen molar-refractivity contribution in [3.05, 3.63) is 41.5 Å². The Labute approximate surface area is 136 Å². The van der Waals surface area contributed by atoms with E-state index in [4.69, 9.17) is 0 Å². The van der Waals surface area contributed by atoms with Crippen LogP contribution in [-0.4, -0.2) is 41.0 Å². The molecule has 1 aromatic rings. The fourth-order valence-corrected chi connectivity index (χ4v) is 3.49. The van der Waals surface area contributed by atoms with Crippen LogP contribution >= 0.6 is 0 Å². The molecular weight excluding hydrogens is 323 g/mol. The van der Waals surface area contributed by atoms with Gasteiger partial charge in [-0.3, -0.25) is 9.59 Å². The molecule has 1 N–H and O–H groups in total. The molecule has 0 spiro atoms. The van der Waals surface area contributed by atoms with Crippen molar-refractivity contribution in [3.8, 4) is 5.75 Å². The maximum Gasteiger partial charge on any atom is 0.471 e. The Morgan fingerprint density at radius 1 is 1.17 bits per heavy atom. The summed E-state index contributed by atoms with van der Waals surface area (Å²) in [7, 11) is 0. The van der Waals surface area contributed by atoms with Gasteiger partial charge in [0.2, 0.25) is 0 Å². The Morgan fingerprint density at radius 2 is 1.83 bits per heavy atom. The van der Waals surface area contributed by atoms with Crippen LogP contribution in [0.2, 0.25) is 0 Å². The quantitative estimate of drug-likeness (QED) is 0.801. The largest absolute Gasteiger partial charge is 0.508 e. The van der Waals surface area contributed by atoms with E-state index in [9.17, 15) is 27.9 Å². The number of hydrogen-bond acceptors (Lipinski definition) is 3. The molecule has 3 rings (SSSR count). The highest BCUT2D eigenvalue weighted by Crippen LogP contribution is 2.41. The summed E-state index contributed by atoms with van der Waals surface area (Å²) in [5, 5.41) is 9.40. The van der Waals surface area contributed by atoms with Gasteiger partial charge in [-0.1, -0.05) is 23.8 Å². The normalized spacial score (nSPS) is 24.4. The first kappa shape index (κ1) is 16.5. The summed E-state index contributed by atoms with van der Waals surface area (Å²) in [6.45, 7) is -0.176. The van der Waals surface area contributed by atoms with E-state index in [1.165, 1.54) is 12.1 Å². The molecule has 2 aliphatic rings. The highest BCUT2D eigenvalue weighted by Gasteiger charge is 2.46. The van der Waals surface area contributed by atoms with Gasteiger partial charge in [-0.25, -0.2) is 0 Å². The molecule has 1 fully saturated rings. The number of fused-ring (bicyclic) bond motifs is 1. The number of Topliss-reactive ketones (excluding diaryl/α,β-unsaturated/α-hetero) is 1. The third kappa shape index (κ3) is 3.16. The molecule has 1 heterocycles. The molecule has 1 aliphatic carbocycles. The van der Waals surface area contributed by atoms with Crippen molar-refractivity contribution >= 4 is 11.7 Å². The maximum absolute atomic E-state index is 12.8. The Bertz CT molecular complexity index is 694. The number of piperidine rings is 1. The van der Waals surface area contributed by atoms with E-state index in [0.717, 1.165) is 16.0 Å². The van der Waals surface area contributed by atoms with Crippen molar-refractivity contribution in [2.45, 2.75) is 24.9 Å². The van der Waals surface area contributed by atoms with Gasteiger partial charge >= 0.3 is 12.1 Å². The maximum atomic E-state index is 12.8. The zero-order valence-electron chi connectivity index (χ0n) is 12.7. The number of hydrogen-bond donors (Lipinski definition) is 1. The Balaban J connectivity index is 1.96. The lowest BCUT2D eigenvalue weighted by atomic mass is 9.74. The van der Waals surface area contributed by atoms with Gasteiger partial charge in [-0.15, -0.1) is 0 Å². The Kier molecular flexibility index (Phi) is 4.11. The number of amides is 1. The summed E-state index contributed by atoms with van der Waals surface area (Å²) < 4.78 is 38.4. The molecule has 2 unspecified atom stereocenters. The Morgan fingerprint density at radius 3 is 2.46 bits per heavy atom. The van der Waals surface area contributed by atoms with E-state index in [2.05, 4.69) is 0 Å². The Hall–Kier alpha value is -2.31. The van der Waals surface area contributed by atoms with Crippen LogP contribution in [0.1, 0.15) is 24.3 Å². The third-order valence-electron chi connectivity index (χ3n) is 4.58. The van der Waals surface area contributed by atoms with Crippen LogP contribution in [0.3, 0.4) is 0 Å². The molecule has 1 amide bonds. The highest BCUT2D eigenvalue weighted by atomic mass is 19.4. The fraction of sp³-hybridized carbons (Fsp3) is 0.412. The van der Waals surface area contributed by atoms with Gasteiger partial charge < -0.3 is 10.0 Å². The average Bonchev–Trinajstić information content (AvgIpc) is 2.52. The predicted molar refractivity (Wildman–Crippen MR) is 79.3 cm³/mol. The van der Waals surface area contributed by atoms with E-state index in [0.29, 0.717) is 0 Å². The van der Waals surface area contributed by atoms with Gasteiger partial charge in [0, 0.05) is 37.8 Å². The molecule has 0 radical (unpaired) electrons. The van der Waals surface area contributed by atoms with Crippen LogP contribution in [0.5, 0.6) is 5.75 Å². The zero-order chi connectivity index (χ0) is 17.5. The topological polar surface area (TPSA) is 57.6 Å². The number of ketones is 1. The van der Waals surface area contributed by atoms with Gasteiger partial charge in [0.15, 0.2) is 0 Å². The molecule has 1 aromatic carbocycles. The van der Waals surface area contributed by atoms with Crippen molar-refractivity contribution in [2.24, 2.45) is 5.92 Å². The number of halogens is 3. The number of alkyl halides is 3. The summed E-state index contributed by atoms with van der Waals surface area (Å²) in [5.74, 6) is -2.63. The number of aromatic hydroxyl groups is 1. The number of rotatable bonds is 1. The van der Waals surface area contributed by atoms with Crippen LogP contribution in [0, 0.1) is 5.92 Å². The van der Waals surface area contributed by atoms with Gasteiger partial charge in [0.05, 0.1) is 0 Å². The predicted octanol–water partition coefficient (Wildman–Crippen LogP) is 2.79. The number of carbonyl (C=O) groups excluding carboxylic acids is 2. The molecule has 2 atom stereocenters. The van der Waals surface area contributed by atoms with Crippen LogP contribution in [0.4, 0.5) is 13.2 Å². The lowest BCUT2D eigenvalue weighted by Crippen LogP contribution is -2.50.